The average Bonchev–Trinajstić information content (AvgIpc) is 3.58. The molecule has 0 radical (unpaired) electrons. The van der Waals surface area contributed by atoms with Crippen LogP contribution in [0, 0.1) is 0 Å². The maximum atomic E-state index is 2.42. The fourth-order valence-electron chi connectivity index (χ4n) is 5.85. The Morgan fingerprint density at radius 1 is 0.816 bits per heavy atom. The van der Waals surface area contributed by atoms with Crippen molar-refractivity contribution in [2.24, 2.45) is 0 Å². The molecule has 0 heteroatoms. The van der Waals surface area contributed by atoms with E-state index in [1.54, 1.807) is 0 Å². The summed E-state index contributed by atoms with van der Waals surface area (Å²) < 4.78 is 0. The number of fused-ring (bicyclic) bond motifs is 4. The van der Waals surface area contributed by atoms with Gasteiger partial charge in [0.25, 0.3) is 0 Å². The Morgan fingerprint density at radius 3 is 2.55 bits per heavy atom. The summed E-state index contributed by atoms with van der Waals surface area (Å²) >= 11 is 0. The molecule has 186 valence electrons. The molecule has 0 heterocycles. The summed E-state index contributed by atoms with van der Waals surface area (Å²) in [6, 6.07) is 15.9. The number of hydrogen-bond acceptors (Lipinski definition) is 0. The van der Waals surface area contributed by atoms with E-state index >= 15 is 0 Å². The van der Waals surface area contributed by atoms with Crippen LogP contribution in [0.2, 0.25) is 0 Å². The minimum atomic E-state index is 0.0168. The van der Waals surface area contributed by atoms with Crippen LogP contribution in [-0.4, -0.2) is 0 Å². The molecular formula is C38H34. The summed E-state index contributed by atoms with van der Waals surface area (Å²) in [4.78, 5) is 0. The highest BCUT2D eigenvalue weighted by atomic mass is 14.4. The molecule has 0 spiro atoms. The van der Waals surface area contributed by atoms with Crippen molar-refractivity contribution < 1.29 is 0 Å². The topological polar surface area (TPSA) is 0 Å². The predicted molar refractivity (Wildman–Crippen MR) is 164 cm³/mol. The van der Waals surface area contributed by atoms with Crippen LogP contribution in [-0.2, 0) is 5.41 Å². The summed E-state index contributed by atoms with van der Waals surface area (Å²) in [5.74, 6) is 0. The monoisotopic (exact) mass is 490 g/mol. The lowest BCUT2D eigenvalue weighted by Crippen LogP contribution is -2.14. The second-order valence-electron chi connectivity index (χ2n) is 10.9. The van der Waals surface area contributed by atoms with Gasteiger partial charge >= 0.3 is 0 Å². The number of hydrogen-bond donors (Lipinski definition) is 0. The van der Waals surface area contributed by atoms with Gasteiger partial charge in [0.1, 0.15) is 0 Å². The van der Waals surface area contributed by atoms with Crippen LogP contribution >= 0.6 is 0 Å². The Morgan fingerprint density at radius 2 is 1.68 bits per heavy atom. The number of benzene rings is 2. The fraction of sp³-hybridized carbons (Fsp3) is 0.158. The quantitative estimate of drug-likeness (QED) is 0.374. The molecule has 0 aliphatic heterocycles. The van der Waals surface area contributed by atoms with Crippen LogP contribution in [0.1, 0.15) is 50.3 Å². The van der Waals surface area contributed by atoms with Crippen LogP contribution in [0.15, 0.2) is 155 Å². The van der Waals surface area contributed by atoms with Crippen LogP contribution in [0.3, 0.4) is 0 Å². The lowest BCUT2D eigenvalue weighted by molar-refractivity contribution is 0.660. The zero-order valence-electron chi connectivity index (χ0n) is 22.5. The standard InChI is InChI=1S/C38H34/c1-27(14-12-17-28-15-6-4-7-16-28)29-18-8-5-9-21-33-34(22-13-19-29)37(33)30-24-25-32-31-20-10-11-23-35(31)38(2,3)36(32)26-30/h4-6,8-15,17-26H,7,16H2,1-3H3/b8-5?,9-5-,17-12-,18-8+,19-13?,21-9?,22-13-,27-14+,29-18?,29-19+,33-21?,34-22?. The van der Waals surface area contributed by atoms with Gasteiger partial charge in [0.05, 0.1) is 0 Å². The molecule has 4 aliphatic rings. The Bertz CT molecular complexity index is 1610. The van der Waals surface area contributed by atoms with Crippen LogP contribution in [0.5, 0.6) is 0 Å². The molecule has 0 fully saturated rings. The first-order valence-electron chi connectivity index (χ1n) is 13.7. The van der Waals surface area contributed by atoms with E-state index in [1.165, 1.54) is 61.3 Å². The first-order valence-corrected chi connectivity index (χ1v) is 13.7. The van der Waals surface area contributed by atoms with Gasteiger partial charge in [-0.25, -0.2) is 0 Å². The molecule has 2 aromatic rings. The lowest BCUT2D eigenvalue weighted by atomic mass is 9.82. The molecule has 0 amide bonds. The van der Waals surface area contributed by atoms with Crippen molar-refractivity contribution in [2.45, 2.75) is 39.0 Å². The first-order chi connectivity index (χ1) is 18.5. The van der Waals surface area contributed by atoms with Gasteiger partial charge in [0.15, 0.2) is 0 Å². The largest absolute Gasteiger partial charge is 0.0842 e. The third-order valence-corrected chi connectivity index (χ3v) is 8.10. The minimum Gasteiger partial charge on any atom is -0.0842 e. The third kappa shape index (κ3) is 4.52. The van der Waals surface area contributed by atoms with Crippen molar-refractivity contribution in [3.8, 4) is 11.1 Å². The van der Waals surface area contributed by atoms with E-state index in [0.29, 0.717) is 0 Å². The van der Waals surface area contributed by atoms with Crippen molar-refractivity contribution in [1.82, 2.24) is 0 Å². The van der Waals surface area contributed by atoms with Gasteiger partial charge < -0.3 is 0 Å². The van der Waals surface area contributed by atoms with Gasteiger partial charge in [-0.2, -0.15) is 0 Å². The van der Waals surface area contributed by atoms with E-state index in [1.807, 2.05) is 0 Å². The van der Waals surface area contributed by atoms with Crippen molar-refractivity contribution in [3.63, 3.8) is 0 Å². The summed E-state index contributed by atoms with van der Waals surface area (Å²) in [6.45, 7) is 6.88. The smallest absolute Gasteiger partial charge is 0.0159 e. The molecule has 0 unspecified atom stereocenters. The normalized spacial score (nSPS) is 23.3. The third-order valence-electron chi connectivity index (χ3n) is 8.10. The molecule has 0 aromatic heterocycles. The van der Waals surface area contributed by atoms with Gasteiger partial charge in [-0.1, -0.05) is 135 Å². The van der Waals surface area contributed by atoms with Crippen LogP contribution in [0.4, 0.5) is 0 Å². The molecule has 6 rings (SSSR count). The van der Waals surface area contributed by atoms with Gasteiger partial charge in [-0.15, -0.1) is 0 Å². The van der Waals surface area contributed by atoms with E-state index in [9.17, 15) is 0 Å². The van der Waals surface area contributed by atoms with Gasteiger partial charge in [0.2, 0.25) is 0 Å². The van der Waals surface area contributed by atoms with E-state index in [2.05, 4.69) is 148 Å². The van der Waals surface area contributed by atoms with Gasteiger partial charge in [-0.05, 0) is 87.1 Å². The first kappa shape index (κ1) is 24.2. The molecule has 2 aromatic carbocycles. The summed E-state index contributed by atoms with van der Waals surface area (Å²) in [6.07, 6.45) is 33.0. The highest BCUT2D eigenvalue weighted by Gasteiger charge is 2.36. The molecule has 0 atom stereocenters. The van der Waals surface area contributed by atoms with Crippen LogP contribution in [0.25, 0.3) is 16.7 Å². The second-order valence-corrected chi connectivity index (χ2v) is 10.9. The molecule has 0 bridgehead atoms. The molecule has 0 N–H and O–H groups in total. The molecule has 0 saturated carbocycles. The summed E-state index contributed by atoms with van der Waals surface area (Å²) in [7, 11) is 0. The zero-order valence-corrected chi connectivity index (χ0v) is 22.5. The number of allylic oxidation sites excluding steroid dienone is 20. The highest BCUT2D eigenvalue weighted by Crippen LogP contribution is 2.52. The fourth-order valence-corrected chi connectivity index (χ4v) is 5.85. The molecule has 4 aliphatic carbocycles. The van der Waals surface area contributed by atoms with Crippen molar-refractivity contribution >= 4 is 5.57 Å². The van der Waals surface area contributed by atoms with Crippen molar-refractivity contribution in [2.75, 3.05) is 0 Å². The van der Waals surface area contributed by atoms with Crippen molar-refractivity contribution in [1.29, 1.82) is 0 Å². The minimum absolute atomic E-state index is 0.0168. The zero-order chi connectivity index (χ0) is 26.1. The summed E-state index contributed by atoms with van der Waals surface area (Å²) in [5, 5.41) is 0. The lowest BCUT2D eigenvalue weighted by Gasteiger charge is -2.21. The molecular weight excluding hydrogens is 456 g/mol. The number of rotatable bonds is 4. The Kier molecular flexibility index (Phi) is 6.34. The Balaban J connectivity index is 1.28. The van der Waals surface area contributed by atoms with E-state index in [4.69, 9.17) is 0 Å². The predicted octanol–water partition coefficient (Wildman–Crippen LogP) is 10.1. The SMILES string of the molecule is CC(=C\C=C/C1=CC=CCC1)/C1=C/C=C\C2=C(c3ccc4c(c3)C(C)(C)c3ccccc3-4)C2=C/C=C\C=C\1. The molecule has 0 saturated heterocycles. The maximum absolute atomic E-state index is 2.42. The van der Waals surface area contributed by atoms with E-state index in [-0.39, 0.29) is 5.41 Å². The molecule has 38 heavy (non-hydrogen) atoms. The average molecular weight is 491 g/mol. The van der Waals surface area contributed by atoms with E-state index in [0.717, 1.165) is 12.8 Å². The highest BCUT2D eigenvalue weighted by molar-refractivity contribution is 6.05. The summed E-state index contributed by atoms with van der Waals surface area (Å²) in [5.41, 5.74) is 14.8. The van der Waals surface area contributed by atoms with Crippen molar-refractivity contribution in [3.05, 3.63) is 172 Å². The van der Waals surface area contributed by atoms with Gasteiger partial charge in [0, 0.05) is 5.41 Å². The second kappa shape index (κ2) is 9.95. The maximum Gasteiger partial charge on any atom is 0.0159 e. The Hall–Kier alpha value is -4.16. The Labute approximate surface area is 227 Å². The van der Waals surface area contributed by atoms with E-state index < -0.39 is 0 Å². The van der Waals surface area contributed by atoms with Crippen LogP contribution < -0.4 is 0 Å². The molecule has 0 nitrogen and oxygen atoms in total. The van der Waals surface area contributed by atoms with Gasteiger partial charge in [-0.3, -0.25) is 0 Å².